The quantitative estimate of drug-likeness (QED) is 0.310. The lowest BCUT2D eigenvalue weighted by Crippen LogP contribution is -1.90. The topological polar surface area (TPSA) is 0 Å². The summed E-state index contributed by atoms with van der Waals surface area (Å²) in [7, 11) is 0. The van der Waals surface area contributed by atoms with E-state index in [-0.39, 0.29) is 0 Å². The summed E-state index contributed by atoms with van der Waals surface area (Å²) in [5.41, 5.74) is 2.95. The molecule has 2 heteroatoms. The molecule has 0 bridgehead atoms. The van der Waals surface area contributed by atoms with Gasteiger partial charge in [-0.1, -0.05) is 49.9 Å². The SMILES string of the molecule is ClCCCCCCc1ccc(CCCCCCCl)cc1. The van der Waals surface area contributed by atoms with Gasteiger partial charge in [-0.25, -0.2) is 0 Å². The first-order chi connectivity index (χ1) is 9.86. The van der Waals surface area contributed by atoms with Crippen LogP contribution in [0.1, 0.15) is 62.5 Å². The molecule has 0 unspecified atom stereocenters. The Balaban J connectivity index is 2.13. The van der Waals surface area contributed by atoms with E-state index in [1.807, 2.05) is 0 Å². The number of unbranched alkanes of at least 4 members (excludes halogenated alkanes) is 6. The molecule has 0 spiro atoms. The van der Waals surface area contributed by atoms with Crippen molar-refractivity contribution in [3.05, 3.63) is 35.4 Å². The second-order valence-electron chi connectivity index (χ2n) is 5.52. The van der Waals surface area contributed by atoms with Crippen molar-refractivity contribution in [3.8, 4) is 0 Å². The van der Waals surface area contributed by atoms with Crippen LogP contribution < -0.4 is 0 Å². The van der Waals surface area contributed by atoms with Gasteiger partial charge in [-0.05, 0) is 49.7 Å². The normalized spacial score (nSPS) is 10.9. The molecule has 0 aliphatic carbocycles. The molecule has 1 aromatic carbocycles. The van der Waals surface area contributed by atoms with E-state index in [0.29, 0.717) is 0 Å². The Labute approximate surface area is 134 Å². The van der Waals surface area contributed by atoms with Crippen molar-refractivity contribution < 1.29 is 0 Å². The summed E-state index contributed by atoms with van der Waals surface area (Å²) >= 11 is 11.4. The second kappa shape index (κ2) is 12.5. The highest BCUT2D eigenvalue weighted by Gasteiger charge is 1.97. The lowest BCUT2D eigenvalue weighted by molar-refractivity contribution is 0.665. The van der Waals surface area contributed by atoms with E-state index in [2.05, 4.69) is 24.3 Å². The van der Waals surface area contributed by atoms with Crippen molar-refractivity contribution in [3.63, 3.8) is 0 Å². The van der Waals surface area contributed by atoms with Gasteiger partial charge in [0, 0.05) is 11.8 Å². The van der Waals surface area contributed by atoms with Crippen molar-refractivity contribution in [1.82, 2.24) is 0 Å². The van der Waals surface area contributed by atoms with Crippen LogP contribution in [0.4, 0.5) is 0 Å². The molecule has 1 aromatic rings. The van der Waals surface area contributed by atoms with E-state index in [9.17, 15) is 0 Å². The lowest BCUT2D eigenvalue weighted by atomic mass is 10.0. The largest absolute Gasteiger partial charge is 0.127 e. The highest BCUT2D eigenvalue weighted by atomic mass is 35.5. The first kappa shape index (κ1) is 17.9. The Morgan fingerprint density at radius 2 is 0.850 bits per heavy atom. The Kier molecular flexibility index (Phi) is 11.2. The molecule has 0 radical (unpaired) electrons. The number of rotatable bonds is 12. The number of alkyl halides is 2. The second-order valence-corrected chi connectivity index (χ2v) is 6.28. The minimum atomic E-state index is 0.805. The summed E-state index contributed by atoms with van der Waals surface area (Å²) < 4.78 is 0. The number of aryl methyl sites for hydroxylation is 2. The van der Waals surface area contributed by atoms with Crippen LogP contribution in [0.25, 0.3) is 0 Å². The maximum absolute atomic E-state index is 5.68. The zero-order valence-corrected chi connectivity index (χ0v) is 14.1. The van der Waals surface area contributed by atoms with Crippen molar-refractivity contribution in [2.45, 2.75) is 64.2 Å². The van der Waals surface area contributed by atoms with Crippen molar-refractivity contribution in [2.24, 2.45) is 0 Å². The van der Waals surface area contributed by atoms with E-state index >= 15 is 0 Å². The Morgan fingerprint density at radius 3 is 1.20 bits per heavy atom. The summed E-state index contributed by atoms with van der Waals surface area (Å²) in [6.45, 7) is 0. The van der Waals surface area contributed by atoms with Crippen LogP contribution in [0, 0.1) is 0 Å². The van der Waals surface area contributed by atoms with Crippen LogP contribution in [-0.2, 0) is 12.8 Å². The smallest absolute Gasteiger partial charge is 0.0223 e. The monoisotopic (exact) mass is 314 g/mol. The lowest BCUT2D eigenvalue weighted by Gasteiger charge is -2.05. The fraction of sp³-hybridized carbons (Fsp3) is 0.667. The number of benzene rings is 1. The van der Waals surface area contributed by atoms with Crippen LogP contribution in [0.2, 0.25) is 0 Å². The minimum absolute atomic E-state index is 0.805. The first-order valence-electron chi connectivity index (χ1n) is 8.06. The summed E-state index contributed by atoms with van der Waals surface area (Å²) in [6, 6.07) is 9.20. The van der Waals surface area contributed by atoms with Gasteiger partial charge in [0.1, 0.15) is 0 Å². The molecule has 0 atom stereocenters. The number of hydrogen-bond acceptors (Lipinski definition) is 0. The summed E-state index contributed by atoms with van der Waals surface area (Å²) in [4.78, 5) is 0. The molecular formula is C18H28Cl2. The Morgan fingerprint density at radius 1 is 0.500 bits per heavy atom. The molecule has 0 aliphatic rings. The standard InChI is InChI=1S/C18H28Cl2/c19-15-7-3-1-5-9-17-11-13-18(14-12-17)10-6-2-4-8-16-20/h11-14H,1-10,15-16H2. The van der Waals surface area contributed by atoms with E-state index in [4.69, 9.17) is 23.2 Å². The van der Waals surface area contributed by atoms with Gasteiger partial charge >= 0.3 is 0 Å². The zero-order chi connectivity index (χ0) is 14.5. The van der Waals surface area contributed by atoms with Gasteiger partial charge in [0.2, 0.25) is 0 Å². The average Bonchev–Trinajstić information content (AvgIpc) is 2.48. The van der Waals surface area contributed by atoms with Gasteiger partial charge in [-0.3, -0.25) is 0 Å². The Hall–Kier alpha value is -0.200. The molecule has 0 amide bonds. The molecule has 20 heavy (non-hydrogen) atoms. The molecule has 0 N–H and O–H groups in total. The molecule has 0 aliphatic heterocycles. The van der Waals surface area contributed by atoms with Crippen LogP contribution in [0.5, 0.6) is 0 Å². The third kappa shape index (κ3) is 8.87. The third-order valence-electron chi connectivity index (χ3n) is 3.72. The first-order valence-corrected chi connectivity index (χ1v) is 9.13. The summed E-state index contributed by atoms with van der Waals surface area (Å²) in [6.07, 6.45) is 12.4. The van der Waals surface area contributed by atoms with Crippen molar-refractivity contribution in [2.75, 3.05) is 11.8 Å². The molecule has 114 valence electrons. The molecular weight excluding hydrogens is 287 g/mol. The van der Waals surface area contributed by atoms with Crippen molar-refractivity contribution >= 4 is 23.2 Å². The average molecular weight is 315 g/mol. The molecule has 0 aromatic heterocycles. The van der Waals surface area contributed by atoms with E-state index in [0.717, 1.165) is 24.6 Å². The van der Waals surface area contributed by atoms with E-state index < -0.39 is 0 Å². The third-order valence-corrected chi connectivity index (χ3v) is 4.26. The minimum Gasteiger partial charge on any atom is -0.127 e. The molecule has 0 saturated carbocycles. The maximum Gasteiger partial charge on any atom is 0.0223 e. The Bertz CT molecular complexity index is 286. The van der Waals surface area contributed by atoms with Gasteiger partial charge in [0.15, 0.2) is 0 Å². The van der Waals surface area contributed by atoms with Gasteiger partial charge < -0.3 is 0 Å². The molecule has 0 fully saturated rings. The molecule has 0 saturated heterocycles. The van der Waals surface area contributed by atoms with E-state index in [1.54, 1.807) is 0 Å². The van der Waals surface area contributed by atoms with Gasteiger partial charge in [-0.2, -0.15) is 0 Å². The molecule has 0 heterocycles. The zero-order valence-electron chi connectivity index (χ0n) is 12.6. The summed E-state index contributed by atoms with van der Waals surface area (Å²) in [5, 5.41) is 0. The van der Waals surface area contributed by atoms with Crippen molar-refractivity contribution in [1.29, 1.82) is 0 Å². The predicted octanol–water partition coefficient (Wildman–Crippen LogP) is 6.37. The highest BCUT2D eigenvalue weighted by molar-refractivity contribution is 6.18. The molecule has 0 nitrogen and oxygen atoms in total. The van der Waals surface area contributed by atoms with Crippen LogP contribution >= 0.6 is 23.2 Å². The highest BCUT2D eigenvalue weighted by Crippen LogP contribution is 2.12. The fourth-order valence-corrected chi connectivity index (χ4v) is 2.80. The van der Waals surface area contributed by atoms with E-state index in [1.165, 1.54) is 62.5 Å². The summed E-state index contributed by atoms with van der Waals surface area (Å²) in [5.74, 6) is 1.61. The number of halogens is 2. The fourth-order valence-electron chi connectivity index (χ4n) is 2.43. The van der Waals surface area contributed by atoms with Crippen LogP contribution in [0.3, 0.4) is 0 Å². The molecule has 1 rings (SSSR count). The van der Waals surface area contributed by atoms with Crippen LogP contribution in [-0.4, -0.2) is 11.8 Å². The van der Waals surface area contributed by atoms with Gasteiger partial charge in [0.05, 0.1) is 0 Å². The number of hydrogen-bond donors (Lipinski definition) is 0. The van der Waals surface area contributed by atoms with Gasteiger partial charge in [0.25, 0.3) is 0 Å². The maximum atomic E-state index is 5.68. The predicted molar refractivity (Wildman–Crippen MR) is 92.2 cm³/mol. The van der Waals surface area contributed by atoms with Crippen LogP contribution in [0.15, 0.2) is 24.3 Å². The van der Waals surface area contributed by atoms with Gasteiger partial charge in [-0.15, -0.1) is 23.2 Å².